The number of hydrogen-bond acceptors (Lipinski definition) is 7. The topological polar surface area (TPSA) is 67.9 Å². The summed E-state index contributed by atoms with van der Waals surface area (Å²) in [6.45, 7) is 6.14. The Morgan fingerprint density at radius 3 is 2.71 bits per heavy atom. The molecule has 2 heterocycles. The Balaban J connectivity index is 2.19. The van der Waals surface area contributed by atoms with E-state index in [4.69, 9.17) is 9.47 Å². The highest BCUT2D eigenvalue weighted by atomic mass is 32.2. The molecule has 1 aromatic rings. The van der Waals surface area contributed by atoms with E-state index >= 15 is 0 Å². The number of fused-ring (bicyclic) bond motifs is 2. The monoisotopic (exact) mass is 456 g/mol. The van der Waals surface area contributed by atoms with Crippen molar-refractivity contribution in [1.82, 2.24) is 5.32 Å². The predicted molar refractivity (Wildman–Crippen MR) is 112 cm³/mol. The van der Waals surface area contributed by atoms with E-state index in [2.05, 4.69) is 5.32 Å². The highest BCUT2D eigenvalue weighted by molar-refractivity contribution is 8.00. The maximum atomic E-state index is 14.3. The second-order valence-electron chi connectivity index (χ2n) is 7.05. The van der Waals surface area contributed by atoms with E-state index in [1.54, 1.807) is 4.90 Å². The summed E-state index contributed by atoms with van der Waals surface area (Å²) in [6.07, 6.45) is -2.08. The molecule has 0 aliphatic carbocycles. The highest BCUT2D eigenvalue weighted by Gasteiger charge is 2.44. The third-order valence-electron chi connectivity index (χ3n) is 5.03. The standard InChI is InChI=1S/C21H23F3N2O4S/c1-5-13(6-2)25-9-26-10-31-20-14(26)7-16-17(18(20)21(22,23)24)19(30-12(4)27)11(3)15(28)8-29-16/h5,7,25H,6,8-10H2,1-4H3/b13-5+. The molecule has 2 aliphatic rings. The second-order valence-corrected chi connectivity index (χ2v) is 8.00. The zero-order chi connectivity index (χ0) is 22.9. The lowest BCUT2D eigenvalue weighted by molar-refractivity contribution is -0.141. The molecule has 0 bridgehead atoms. The number of hydrogen-bond donors (Lipinski definition) is 1. The van der Waals surface area contributed by atoms with Gasteiger partial charge < -0.3 is 19.7 Å². The van der Waals surface area contributed by atoms with Crippen molar-refractivity contribution < 1.29 is 32.2 Å². The SMILES string of the molecule is C/C=C(\CC)NCN1CSc2c1cc1c(c2C(F)(F)F)C(OC(C)=O)=C(C)C(=O)CO1. The smallest absolute Gasteiger partial charge is 0.418 e. The minimum absolute atomic E-state index is 0.0157. The number of allylic oxidation sites excluding steroid dienone is 2. The third-order valence-corrected chi connectivity index (χ3v) is 6.17. The summed E-state index contributed by atoms with van der Waals surface area (Å²) in [7, 11) is 0. The van der Waals surface area contributed by atoms with Gasteiger partial charge in [0.05, 0.1) is 29.4 Å². The summed E-state index contributed by atoms with van der Waals surface area (Å²) in [6, 6.07) is 1.48. The average molecular weight is 456 g/mol. The van der Waals surface area contributed by atoms with E-state index in [9.17, 15) is 22.8 Å². The van der Waals surface area contributed by atoms with Crippen molar-refractivity contribution in [2.24, 2.45) is 0 Å². The van der Waals surface area contributed by atoms with Crippen LogP contribution in [0.15, 0.2) is 28.3 Å². The fourth-order valence-electron chi connectivity index (χ4n) is 3.43. The van der Waals surface area contributed by atoms with E-state index in [1.165, 1.54) is 13.0 Å². The minimum Gasteiger partial charge on any atom is -0.485 e. The van der Waals surface area contributed by atoms with Crippen molar-refractivity contribution >= 4 is 35.0 Å². The lowest BCUT2D eigenvalue weighted by Gasteiger charge is -2.24. The number of esters is 1. The summed E-state index contributed by atoms with van der Waals surface area (Å²) >= 11 is 1.04. The van der Waals surface area contributed by atoms with E-state index in [0.29, 0.717) is 18.2 Å². The number of nitrogens with zero attached hydrogens (tertiary/aromatic N) is 1. The number of alkyl halides is 3. The normalized spacial score (nSPS) is 16.5. The maximum Gasteiger partial charge on any atom is 0.418 e. The number of benzene rings is 1. The number of carbonyl (C=O) groups is 2. The molecule has 0 amide bonds. The lowest BCUT2D eigenvalue weighted by atomic mass is 9.99. The highest BCUT2D eigenvalue weighted by Crippen LogP contribution is 2.53. The van der Waals surface area contributed by atoms with Gasteiger partial charge in [-0.3, -0.25) is 9.59 Å². The van der Waals surface area contributed by atoms with Crippen molar-refractivity contribution in [3.63, 3.8) is 0 Å². The molecule has 0 atom stereocenters. The molecule has 6 nitrogen and oxygen atoms in total. The van der Waals surface area contributed by atoms with Gasteiger partial charge in [0.1, 0.15) is 11.5 Å². The molecule has 10 heteroatoms. The zero-order valence-corrected chi connectivity index (χ0v) is 18.4. The van der Waals surface area contributed by atoms with Crippen molar-refractivity contribution in [2.75, 3.05) is 24.1 Å². The number of ether oxygens (including phenoxy) is 2. The Morgan fingerprint density at radius 1 is 1.42 bits per heavy atom. The Bertz CT molecular complexity index is 986. The Kier molecular flexibility index (Phi) is 6.59. The van der Waals surface area contributed by atoms with Gasteiger partial charge in [-0.15, -0.1) is 11.8 Å². The summed E-state index contributed by atoms with van der Waals surface area (Å²) in [4.78, 5) is 25.7. The number of Topliss-reactive ketones (excluding diaryl/α,β-unsaturated/α-hetero) is 1. The molecule has 0 unspecified atom stereocenters. The molecule has 0 spiro atoms. The number of thioether (sulfide) groups is 1. The summed E-state index contributed by atoms with van der Waals surface area (Å²) in [5.41, 5.74) is -0.123. The van der Waals surface area contributed by atoms with Crippen LogP contribution in [0.4, 0.5) is 18.9 Å². The Morgan fingerprint density at radius 2 is 2.13 bits per heavy atom. The number of nitrogens with one attached hydrogen (secondary N) is 1. The van der Waals surface area contributed by atoms with Crippen molar-refractivity contribution in [3.05, 3.63) is 34.5 Å². The minimum atomic E-state index is -4.76. The third kappa shape index (κ3) is 4.53. The average Bonchev–Trinajstić information content (AvgIpc) is 3.06. The number of carbonyl (C=O) groups excluding carboxylic acids is 2. The molecule has 168 valence electrons. The van der Waals surface area contributed by atoms with Crippen LogP contribution in [0, 0.1) is 0 Å². The van der Waals surface area contributed by atoms with Gasteiger partial charge in [0.15, 0.2) is 12.4 Å². The number of anilines is 1. The Hall–Kier alpha value is -2.62. The molecule has 31 heavy (non-hydrogen) atoms. The quantitative estimate of drug-likeness (QED) is 0.645. The van der Waals surface area contributed by atoms with Crippen LogP contribution in [0.25, 0.3) is 5.76 Å². The van der Waals surface area contributed by atoms with Crippen molar-refractivity contribution in [2.45, 2.75) is 45.2 Å². The van der Waals surface area contributed by atoms with Crippen LogP contribution < -0.4 is 15.0 Å². The first-order valence-electron chi connectivity index (χ1n) is 9.69. The fourth-order valence-corrected chi connectivity index (χ4v) is 4.64. The van der Waals surface area contributed by atoms with E-state index < -0.39 is 41.4 Å². The molecule has 1 aromatic carbocycles. The van der Waals surface area contributed by atoms with Gasteiger partial charge in [-0.1, -0.05) is 13.0 Å². The molecule has 0 radical (unpaired) electrons. The van der Waals surface area contributed by atoms with E-state index in [0.717, 1.165) is 30.8 Å². The van der Waals surface area contributed by atoms with Gasteiger partial charge in [-0.25, -0.2) is 0 Å². The summed E-state index contributed by atoms with van der Waals surface area (Å²) in [5, 5.41) is 3.22. The fraction of sp³-hybridized carbons (Fsp3) is 0.429. The van der Waals surface area contributed by atoms with Gasteiger partial charge in [-0.05, 0) is 20.3 Å². The van der Waals surface area contributed by atoms with Crippen LogP contribution in [0.5, 0.6) is 5.75 Å². The molecule has 0 saturated carbocycles. The molecule has 1 N–H and O–H groups in total. The maximum absolute atomic E-state index is 14.3. The van der Waals surface area contributed by atoms with Gasteiger partial charge in [0.25, 0.3) is 0 Å². The Labute approximate surface area is 182 Å². The van der Waals surface area contributed by atoms with Crippen LogP contribution in [0.2, 0.25) is 0 Å². The lowest BCUT2D eigenvalue weighted by Crippen LogP contribution is -2.31. The molecule has 0 saturated heterocycles. The first-order valence-corrected chi connectivity index (χ1v) is 10.7. The zero-order valence-electron chi connectivity index (χ0n) is 17.6. The summed E-state index contributed by atoms with van der Waals surface area (Å²) in [5.74, 6) is -1.60. The molecular weight excluding hydrogens is 433 g/mol. The van der Waals surface area contributed by atoms with Gasteiger partial charge in [0.2, 0.25) is 0 Å². The number of ketones is 1. The number of rotatable bonds is 5. The predicted octanol–water partition coefficient (Wildman–Crippen LogP) is 4.69. The van der Waals surface area contributed by atoms with Crippen LogP contribution in [-0.4, -0.2) is 30.9 Å². The van der Waals surface area contributed by atoms with Gasteiger partial charge >= 0.3 is 12.1 Å². The van der Waals surface area contributed by atoms with E-state index in [1.807, 2.05) is 19.9 Å². The van der Waals surface area contributed by atoms with Crippen LogP contribution in [-0.2, 0) is 20.5 Å². The second kappa shape index (κ2) is 8.86. The molecule has 2 aliphatic heterocycles. The first-order chi connectivity index (χ1) is 14.6. The number of halogens is 3. The van der Waals surface area contributed by atoms with Crippen molar-refractivity contribution in [1.29, 1.82) is 0 Å². The van der Waals surface area contributed by atoms with Gasteiger partial charge in [0, 0.05) is 29.2 Å². The van der Waals surface area contributed by atoms with Gasteiger partial charge in [-0.2, -0.15) is 13.2 Å². The molecule has 0 aromatic heterocycles. The molecule has 0 fully saturated rings. The van der Waals surface area contributed by atoms with E-state index in [-0.39, 0.29) is 16.2 Å². The first kappa shape index (κ1) is 23.1. The molecule has 3 rings (SSSR count). The van der Waals surface area contributed by atoms with Crippen LogP contribution >= 0.6 is 11.8 Å². The van der Waals surface area contributed by atoms with Crippen molar-refractivity contribution in [3.8, 4) is 5.75 Å². The largest absolute Gasteiger partial charge is 0.485 e. The van der Waals surface area contributed by atoms with Crippen LogP contribution in [0.3, 0.4) is 0 Å². The van der Waals surface area contributed by atoms with Crippen LogP contribution in [0.1, 0.15) is 45.2 Å². The summed E-state index contributed by atoms with van der Waals surface area (Å²) < 4.78 is 53.4. The molecular formula is C21H23F3N2O4S.